The van der Waals surface area contributed by atoms with Crippen LogP contribution >= 0.6 is 11.6 Å². The molecule has 0 aliphatic carbocycles. The van der Waals surface area contributed by atoms with Crippen molar-refractivity contribution >= 4 is 35.4 Å². The number of carbonyl (C=O) groups is 2. The van der Waals surface area contributed by atoms with Crippen LogP contribution in [0.1, 0.15) is 48.2 Å². The van der Waals surface area contributed by atoms with E-state index in [2.05, 4.69) is 15.2 Å². The van der Waals surface area contributed by atoms with E-state index in [0.29, 0.717) is 30.2 Å². The molecule has 2 amide bonds. The number of hydrogen-bond donors (Lipinski definition) is 4. The number of carboxylic acid groups (broad SMARTS) is 1. The number of nitrogens with two attached hydrogens (primary N) is 1. The van der Waals surface area contributed by atoms with Gasteiger partial charge in [-0.3, -0.25) is 15.0 Å². The maximum atomic E-state index is 14.8. The minimum absolute atomic E-state index is 0.0792. The van der Waals surface area contributed by atoms with Gasteiger partial charge in [-0.25, -0.2) is 22.9 Å². The smallest absolute Gasteiger partial charge is 0.409 e. The highest BCUT2D eigenvalue weighted by Gasteiger charge is 2.43. The second-order valence-corrected chi connectivity index (χ2v) is 12.5. The van der Waals surface area contributed by atoms with Crippen molar-refractivity contribution in [3.05, 3.63) is 112 Å². The number of aromatic nitrogens is 2. The Morgan fingerprint density at radius 1 is 1.02 bits per heavy atom. The van der Waals surface area contributed by atoms with Crippen molar-refractivity contribution in [1.82, 2.24) is 19.8 Å². The standard InChI is InChI=1S/C35H34ClF3N6O3/c36-28-10-11-29(38)26(32(28)39)9-12-31(46)45-19-25(44-15-13-23(40)14-16-44)17-27(20-1-5-22(37)6-2-20)33(45)34-41-18-30(43-34)21-3-7-24(8-4-21)42-35(47)48/h1-12,18,23,25,27,33,42H,13-17,19,40H2,(H,41,43)(H,47,48). The Bertz CT molecular complexity index is 1810. The van der Waals surface area contributed by atoms with Gasteiger partial charge in [0.15, 0.2) is 5.82 Å². The summed E-state index contributed by atoms with van der Waals surface area (Å²) in [6.45, 7) is 1.80. The van der Waals surface area contributed by atoms with Crippen LogP contribution < -0.4 is 11.1 Å². The highest BCUT2D eigenvalue weighted by molar-refractivity contribution is 6.30. The van der Waals surface area contributed by atoms with E-state index in [-0.39, 0.29) is 23.0 Å². The molecule has 0 radical (unpaired) electrons. The number of carbonyl (C=O) groups excluding carboxylic acids is 1. The second kappa shape index (κ2) is 14.2. The molecule has 3 atom stereocenters. The summed E-state index contributed by atoms with van der Waals surface area (Å²) < 4.78 is 43.5. The number of H-pyrrole nitrogens is 1. The average molecular weight is 679 g/mol. The number of likely N-dealkylation sites (tertiary alicyclic amines) is 2. The predicted molar refractivity (Wildman–Crippen MR) is 177 cm³/mol. The molecule has 250 valence electrons. The summed E-state index contributed by atoms with van der Waals surface area (Å²) in [4.78, 5) is 37.2. The Morgan fingerprint density at radius 3 is 2.42 bits per heavy atom. The normalized spacial score (nSPS) is 20.7. The lowest BCUT2D eigenvalue weighted by molar-refractivity contribution is -0.132. The molecule has 4 aromatic rings. The minimum atomic E-state index is -1.18. The molecule has 2 aliphatic rings. The molecular formula is C35H34ClF3N6O3. The highest BCUT2D eigenvalue weighted by atomic mass is 35.5. The Labute approximate surface area is 280 Å². The number of nitrogens with one attached hydrogen (secondary N) is 2. The molecule has 0 saturated carbocycles. The van der Waals surface area contributed by atoms with E-state index in [0.717, 1.165) is 61.3 Å². The number of aromatic amines is 1. The van der Waals surface area contributed by atoms with Crippen molar-refractivity contribution in [1.29, 1.82) is 0 Å². The van der Waals surface area contributed by atoms with Crippen molar-refractivity contribution in [3.63, 3.8) is 0 Å². The van der Waals surface area contributed by atoms with Crippen LogP contribution in [0.4, 0.5) is 23.7 Å². The van der Waals surface area contributed by atoms with Crippen LogP contribution in [0.2, 0.25) is 5.02 Å². The topological polar surface area (TPSA) is 128 Å². The summed E-state index contributed by atoms with van der Waals surface area (Å²) in [6.07, 6.45) is 4.92. The van der Waals surface area contributed by atoms with Crippen LogP contribution in [0.15, 0.2) is 72.9 Å². The van der Waals surface area contributed by atoms with Gasteiger partial charge in [-0.2, -0.15) is 0 Å². The van der Waals surface area contributed by atoms with E-state index in [1.165, 1.54) is 12.1 Å². The van der Waals surface area contributed by atoms with Crippen molar-refractivity contribution in [2.75, 3.05) is 25.0 Å². The van der Waals surface area contributed by atoms with Crippen LogP contribution in [0.5, 0.6) is 0 Å². The lowest BCUT2D eigenvalue weighted by Crippen LogP contribution is -2.55. The molecule has 3 heterocycles. The number of halogens is 4. The van der Waals surface area contributed by atoms with Crippen molar-refractivity contribution < 1.29 is 27.9 Å². The maximum absolute atomic E-state index is 14.8. The first kappa shape index (κ1) is 33.3. The van der Waals surface area contributed by atoms with Crippen molar-refractivity contribution in [3.8, 4) is 11.3 Å². The molecule has 13 heteroatoms. The van der Waals surface area contributed by atoms with E-state index in [1.54, 1.807) is 47.5 Å². The van der Waals surface area contributed by atoms with Gasteiger partial charge in [0.2, 0.25) is 5.91 Å². The summed E-state index contributed by atoms with van der Waals surface area (Å²) in [5.41, 5.74) is 8.32. The molecule has 9 nitrogen and oxygen atoms in total. The minimum Gasteiger partial charge on any atom is -0.465 e. The van der Waals surface area contributed by atoms with E-state index in [1.807, 2.05) is 0 Å². The fourth-order valence-electron chi connectivity index (χ4n) is 6.63. The van der Waals surface area contributed by atoms with Gasteiger partial charge < -0.3 is 20.7 Å². The number of hydrogen-bond acceptors (Lipinski definition) is 5. The summed E-state index contributed by atoms with van der Waals surface area (Å²) in [6, 6.07) is 14.4. The van der Waals surface area contributed by atoms with Gasteiger partial charge in [0.25, 0.3) is 0 Å². The van der Waals surface area contributed by atoms with Gasteiger partial charge in [-0.15, -0.1) is 0 Å². The molecule has 2 fully saturated rings. The summed E-state index contributed by atoms with van der Waals surface area (Å²) >= 11 is 5.90. The fraction of sp³-hybridized carbons (Fsp3) is 0.286. The Hall–Kier alpha value is -4.65. The number of piperidine rings is 2. The van der Waals surface area contributed by atoms with Crippen LogP contribution in [0.25, 0.3) is 17.3 Å². The third kappa shape index (κ3) is 7.25. The lowest BCUT2D eigenvalue weighted by Gasteiger charge is -2.48. The Kier molecular flexibility index (Phi) is 9.86. The summed E-state index contributed by atoms with van der Waals surface area (Å²) in [7, 11) is 0. The molecule has 2 saturated heterocycles. The number of amides is 2. The number of nitrogens with zero attached hydrogens (tertiary/aromatic N) is 3. The zero-order chi connectivity index (χ0) is 33.9. The molecule has 0 bridgehead atoms. The molecule has 5 N–H and O–H groups in total. The third-order valence-corrected chi connectivity index (χ3v) is 9.41. The third-order valence-electron chi connectivity index (χ3n) is 9.12. The molecule has 6 rings (SSSR count). The summed E-state index contributed by atoms with van der Waals surface area (Å²) in [5, 5.41) is 11.1. The molecule has 48 heavy (non-hydrogen) atoms. The van der Waals surface area contributed by atoms with E-state index >= 15 is 0 Å². The summed E-state index contributed by atoms with van der Waals surface area (Å²) in [5.74, 6) is -2.58. The highest BCUT2D eigenvalue weighted by Crippen LogP contribution is 2.44. The number of anilines is 1. The van der Waals surface area contributed by atoms with E-state index in [9.17, 15) is 22.8 Å². The second-order valence-electron chi connectivity index (χ2n) is 12.1. The van der Waals surface area contributed by atoms with Crippen LogP contribution in [-0.2, 0) is 4.79 Å². The Morgan fingerprint density at radius 2 is 1.73 bits per heavy atom. The zero-order valence-corrected chi connectivity index (χ0v) is 26.5. The average Bonchev–Trinajstić information content (AvgIpc) is 3.56. The molecular weight excluding hydrogens is 645 g/mol. The van der Waals surface area contributed by atoms with Crippen molar-refractivity contribution in [2.24, 2.45) is 5.73 Å². The fourth-order valence-corrected chi connectivity index (χ4v) is 6.80. The first-order valence-electron chi connectivity index (χ1n) is 15.6. The largest absolute Gasteiger partial charge is 0.465 e. The van der Waals surface area contributed by atoms with Gasteiger partial charge in [0.05, 0.1) is 23.0 Å². The van der Waals surface area contributed by atoms with Gasteiger partial charge in [0.1, 0.15) is 17.5 Å². The molecule has 1 aromatic heterocycles. The van der Waals surface area contributed by atoms with E-state index < -0.39 is 41.1 Å². The molecule has 2 aliphatic heterocycles. The van der Waals surface area contributed by atoms with Crippen LogP contribution in [-0.4, -0.2) is 68.6 Å². The van der Waals surface area contributed by atoms with E-state index in [4.69, 9.17) is 27.4 Å². The first-order chi connectivity index (χ1) is 23.1. The van der Waals surface area contributed by atoms with Crippen molar-refractivity contribution in [2.45, 2.75) is 43.3 Å². The maximum Gasteiger partial charge on any atom is 0.409 e. The Balaban J connectivity index is 1.40. The van der Waals surface area contributed by atoms with Gasteiger partial charge in [-0.1, -0.05) is 35.9 Å². The monoisotopic (exact) mass is 678 g/mol. The first-order valence-corrected chi connectivity index (χ1v) is 16.0. The predicted octanol–water partition coefficient (Wildman–Crippen LogP) is 6.80. The van der Waals surface area contributed by atoms with Gasteiger partial charge in [-0.05, 0) is 86.0 Å². The molecule has 3 aromatic carbocycles. The lowest BCUT2D eigenvalue weighted by atomic mass is 9.80. The molecule has 0 spiro atoms. The molecule has 3 unspecified atom stereocenters. The number of benzene rings is 3. The van der Waals surface area contributed by atoms with Crippen LogP contribution in [0.3, 0.4) is 0 Å². The SMILES string of the molecule is NC1CCN(C2CC(c3ccc(F)cc3)C(c3ncc(-c4ccc(NC(=O)O)cc4)[nH]3)N(C(=O)C=Cc3c(F)ccc(Cl)c3F)C2)CC1. The van der Waals surface area contributed by atoms with Gasteiger partial charge in [0, 0.05) is 41.9 Å². The van der Waals surface area contributed by atoms with Gasteiger partial charge >= 0.3 is 6.09 Å². The number of rotatable bonds is 7. The number of imidazole rings is 1. The van der Waals surface area contributed by atoms with Crippen LogP contribution in [0, 0.1) is 17.5 Å². The quantitative estimate of drug-likeness (QED) is 0.126. The zero-order valence-electron chi connectivity index (χ0n) is 25.8.